The van der Waals surface area contributed by atoms with Crippen molar-refractivity contribution in [2.24, 2.45) is 0 Å². The number of fused-ring (bicyclic) bond motifs is 1. The normalized spacial score (nSPS) is 21.5. The SMILES string of the molecule is CC1CN(C2CCN(c3ccc(-c4nn5cc(-c6ccc(C(=O)O)cc6)nc5s4)cc3)CC2)CC(C)O1. The molecule has 8 nitrogen and oxygen atoms in total. The molecule has 2 atom stereocenters. The van der Waals surface area contributed by atoms with Crippen LogP contribution in [0.25, 0.3) is 26.8 Å². The van der Waals surface area contributed by atoms with Gasteiger partial charge in [0.15, 0.2) is 0 Å². The van der Waals surface area contributed by atoms with Gasteiger partial charge in [0.05, 0.1) is 29.7 Å². The zero-order chi connectivity index (χ0) is 25.5. The van der Waals surface area contributed by atoms with E-state index in [2.05, 4.69) is 47.9 Å². The molecule has 0 bridgehead atoms. The fourth-order valence-corrected chi connectivity index (χ4v) is 6.45. The number of imidazole rings is 1. The van der Waals surface area contributed by atoms with E-state index in [1.54, 1.807) is 40.1 Å². The minimum atomic E-state index is -0.934. The van der Waals surface area contributed by atoms with Crippen LogP contribution in [0.5, 0.6) is 0 Å². The van der Waals surface area contributed by atoms with Crippen LogP contribution in [0.3, 0.4) is 0 Å². The lowest BCUT2D eigenvalue weighted by Crippen LogP contribution is -2.53. The van der Waals surface area contributed by atoms with Gasteiger partial charge in [0.1, 0.15) is 5.01 Å². The van der Waals surface area contributed by atoms with Crippen LogP contribution >= 0.6 is 11.3 Å². The molecule has 2 unspecified atom stereocenters. The largest absolute Gasteiger partial charge is 0.478 e. The number of aromatic carboxylic acids is 1. The highest BCUT2D eigenvalue weighted by molar-refractivity contribution is 7.19. The number of ether oxygens (including phenoxy) is 1. The smallest absolute Gasteiger partial charge is 0.335 e. The Morgan fingerprint density at radius 2 is 1.62 bits per heavy atom. The summed E-state index contributed by atoms with van der Waals surface area (Å²) in [5.41, 5.74) is 4.26. The van der Waals surface area contributed by atoms with Crippen LogP contribution in [0.2, 0.25) is 0 Å². The molecule has 2 aromatic heterocycles. The van der Waals surface area contributed by atoms with Crippen LogP contribution in [0, 0.1) is 0 Å². The lowest BCUT2D eigenvalue weighted by molar-refractivity contribution is -0.0826. The van der Waals surface area contributed by atoms with Crippen LogP contribution < -0.4 is 4.90 Å². The number of carboxylic acid groups (broad SMARTS) is 1. The summed E-state index contributed by atoms with van der Waals surface area (Å²) in [6.07, 6.45) is 4.90. The van der Waals surface area contributed by atoms with Crippen molar-refractivity contribution in [2.45, 2.75) is 44.9 Å². The maximum Gasteiger partial charge on any atom is 0.335 e. The van der Waals surface area contributed by atoms with Gasteiger partial charge in [0.2, 0.25) is 4.96 Å². The van der Waals surface area contributed by atoms with E-state index in [4.69, 9.17) is 19.9 Å². The third kappa shape index (κ3) is 4.99. The lowest BCUT2D eigenvalue weighted by Gasteiger charge is -2.44. The predicted octanol–water partition coefficient (Wildman–Crippen LogP) is 4.90. The average Bonchev–Trinajstić information content (AvgIpc) is 3.48. The first kappa shape index (κ1) is 24.1. The molecular weight excluding hydrogens is 486 g/mol. The van der Waals surface area contributed by atoms with Gasteiger partial charge in [-0.25, -0.2) is 14.3 Å². The molecular formula is C28H31N5O3S. The molecule has 2 fully saturated rings. The molecule has 0 aliphatic carbocycles. The molecule has 2 aliphatic rings. The predicted molar refractivity (Wildman–Crippen MR) is 146 cm³/mol. The van der Waals surface area contributed by atoms with E-state index < -0.39 is 5.97 Å². The molecule has 4 aromatic rings. The van der Waals surface area contributed by atoms with Gasteiger partial charge in [0, 0.05) is 49.0 Å². The first-order valence-corrected chi connectivity index (χ1v) is 13.7. The monoisotopic (exact) mass is 517 g/mol. The third-order valence-corrected chi connectivity index (χ3v) is 8.35. The van der Waals surface area contributed by atoms with E-state index in [-0.39, 0.29) is 5.56 Å². The highest BCUT2D eigenvalue weighted by Crippen LogP contribution is 2.31. The summed E-state index contributed by atoms with van der Waals surface area (Å²) in [6.45, 7) is 8.59. The first-order valence-electron chi connectivity index (χ1n) is 12.9. The molecule has 2 saturated heterocycles. The molecule has 4 heterocycles. The van der Waals surface area contributed by atoms with Crippen molar-refractivity contribution in [1.82, 2.24) is 19.5 Å². The number of benzene rings is 2. The van der Waals surface area contributed by atoms with Gasteiger partial charge in [-0.05, 0) is 63.1 Å². The van der Waals surface area contributed by atoms with Crippen molar-refractivity contribution in [2.75, 3.05) is 31.1 Å². The van der Waals surface area contributed by atoms with E-state index in [9.17, 15) is 4.79 Å². The number of aromatic nitrogens is 3. The summed E-state index contributed by atoms with van der Waals surface area (Å²) in [7, 11) is 0. The average molecular weight is 518 g/mol. The topological polar surface area (TPSA) is 83.2 Å². The van der Waals surface area contributed by atoms with Gasteiger partial charge in [0.25, 0.3) is 0 Å². The number of morpholine rings is 1. The Labute approximate surface area is 220 Å². The van der Waals surface area contributed by atoms with E-state index in [1.165, 1.54) is 18.5 Å². The molecule has 1 N–H and O–H groups in total. The Bertz CT molecular complexity index is 1350. The van der Waals surface area contributed by atoms with E-state index in [0.29, 0.717) is 18.2 Å². The summed E-state index contributed by atoms with van der Waals surface area (Å²) >= 11 is 1.55. The maximum absolute atomic E-state index is 11.1. The minimum Gasteiger partial charge on any atom is -0.478 e. The maximum atomic E-state index is 11.1. The van der Waals surface area contributed by atoms with Gasteiger partial charge < -0.3 is 14.7 Å². The third-order valence-electron chi connectivity index (χ3n) is 7.38. The summed E-state index contributed by atoms with van der Waals surface area (Å²) < 4.78 is 7.71. The Kier molecular flexibility index (Phi) is 6.44. The number of nitrogens with zero attached hydrogens (tertiary/aromatic N) is 5. The van der Waals surface area contributed by atoms with Crippen LogP contribution in [-0.2, 0) is 4.74 Å². The van der Waals surface area contributed by atoms with E-state index in [1.807, 2.05) is 6.20 Å². The summed E-state index contributed by atoms with van der Waals surface area (Å²) in [5, 5.41) is 14.8. The van der Waals surface area contributed by atoms with Gasteiger partial charge in [-0.2, -0.15) is 5.10 Å². The van der Waals surface area contributed by atoms with Gasteiger partial charge in [-0.1, -0.05) is 23.5 Å². The highest BCUT2D eigenvalue weighted by Gasteiger charge is 2.30. The van der Waals surface area contributed by atoms with E-state index >= 15 is 0 Å². The molecule has 2 aliphatic heterocycles. The molecule has 192 valence electrons. The minimum absolute atomic E-state index is 0.263. The zero-order valence-electron chi connectivity index (χ0n) is 21.1. The van der Waals surface area contributed by atoms with Crippen molar-refractivity contribution in [3.05, 3.63) is 60.3 Å². The zero-order valence-corrected chi connectivity index (χ0v) is 21.9. The number of hydrogen-bond donors (Lipinski definition) is 1. The van der Waals surface area contributed by atoms with Crippen molar-refractivity contribution >= 4 is 28.0 Å². The lowest BCUT2D eigenvalue weighted by atomic mass is 10.0. The van der Waals surface area contributed by atoms with Crippen molar-refractivity contribution in [3.8, 4) is 21.8 Å². The second-order valence-corrected chi connectivity index (χ2v) is 11.1. The summed E-state index contributed by atoms with van der Waals surface area (Å²) in [4.78, 5) is 21.7. The Morgan fingerprint density at radius 3 is 2.24 bits per heavy atom. The fourth-order valence-electron chi connectivity index (χ4n) is 5.56. The van der Waals surface area contributed by atoms with Gasteiger partial charge in [-0.15, -0.1) is 0 Å². The number of carbonyl (C=O) groups is 1. The molecule has 37 heavy (non-hydrogen) atoms. The Balaban J connectivity index is 1.10. The molecule has 0 saturated carbocycles. The Morgan fingerprint density at radius 1 is 0.973 bits per heavy atom. The summed E-state index contributed by atoms with van der Waals surface area (Å²) in [6, 6.07) is 16.1. The van der Waals surface area contributed by atoms with Crippen LogP contribution in [0.4, 0.5) is 5.69 Å². The number of piperidine rings is 1. The molecule has 6 rings (SSSR count). The van der Waals surface area contributed by atoms with Crippen molar-refractivity contribution < 1.29 is 14.6 Å². The van der Waals surface area contributed by atoms with Crippen LogP contribution in [0.15, 0.2) is 54.7 Å². The molecule has 9 heteroatoms. The van der Waals surface area contributed by atoms with Gasteiger partial charge in [-0.3, -0.25) is 4.90 Å². The second-order valence-electron chi connectivity index (χ2n) is 10.1. The quantitative estimate of drug-likeness (QED) is 0.403. The van der Waals surface area contributed by atoms with Crippen LogP contribution in [-0.4, -0.2) is 75.0 Å². The first-order chi connectivity index (χ1) is 17.9. The fraction of sp³-hybridized carbons (Fsp3) is 0.393. The van der Waals surface area contributed by atoms with Gasteiger partial charge >= 0.3 is 5.97 Å². The molecule has 0 amide bonds. The van der Waals surface area contributed by atoms with Crippen molar-refractivity contribution in [3.63, 3.8) is 0 Å². The highest BCUT2D eigenvalue weighted by atomic mass is 32.1. The number of anilines is 1. The second kappa shape index (κ2) is 9.89. The van der Waals surface area contributed by atoms with E-state index in [0.717, 1.165) is 53.0 Å². The van der Waals surface area contributed by atoms with Crippen molar-refractivity contribution in [1.29, 1.82) is 0 Å². The summed E-state index contributed by atoms with van der Waals surface area (Å²) in [5.74, 6) is -0.934. The number of hydrogen-bond acceptors (Lipinski definition) is 7. The Hall–Kier alpha value is -3.27. The molecule has 0 radical (unpaired) electrons. The molecule has 2 aromatic carbocycles. The molecule has 0 spiro atoms. The number of carboxylic acids is 1. The number of rotatable bonds is 5. The van der Waals surface area contributed by atoms with Crippen LogP contribution in [0.1, 0.15) is 37.0 Å². The standard InChI is InChI=1S/C28H31N5O3S/c1-18-15-32(16-19(2)36-18)24-11-13-31(14-12-24)23-9-7-21(8-10-23)26-30-33-17-25(29-28(33)37-26)20-3-5-22(6-4-20)27(34)35/h3-10,17-19,24H,11-16H2,1-2H3,(H,34,35).